The lowest BCUT2D eigenvalue weighted by atomic mass is 9.86. The van der Waals surface area contributed by atoms with E-state index in [1.165, 1.54) is 0 Å². The predicted molar refractivity (Wildman–Crippen MR) is 79.1 cm³/mol. The zero-order chi connectivity index (χ0) is 14.8. The monoisotopic (exact) mass is 289 g/mol. The van der Waals surface area contributed by atoms with Crippen molar-refractivity contribution < 1.29 is 13.9 Å². The van der Waals surface area contributed by atoms with Gasteiger partial charge >= 0.3 is 0 Å². The molecular formula is C15H19N3O3. The third-order valence-corrected chi connectivity index (χ3v) is 4.05. The summed E-state index contributed by atoms with van der Waals surface area (Å²) in [6.07, 6.45) is 3.44. The number of fused-ring (bicyclic) bond motifs is 1. The quantitative estimate of drug-likeness (QED) is 0.901. The van der Waals surface area contributed by atoms with Crippen LogP contribution < -0.4 is 15.8 Å². The summed E-state index contributed by atoms with van der Waals surface area (Å²) in [5, 5.41) is 3.30. The Morgan fingerprint density at radius 2 is 2.14 bits per heavy atom. The van der Waals surface area contributed by atoms with Crippen LogP contribution in [0.15, 0.2) is 22.6 Å². The number of primary amides is 1. The van der Waals surface area contributed by atoms with Gasteiger partial charge in [-0.2, -0.15) is 4.98 Å². The van der Waals surface area contributed by atoms with E-state index in [0.717, 1.165) is 36.9 Å². The normalized spacial score (nSPS) is 22.1. The van der Waals surface area contributed by atoms with Crippen molar-refractivity contribution in [2.24, 2.45) is 11.7 Å². The van der Waals surface area contributed by atoms with Crippen molar-refractivity contribution in [1.82, 2.24) is 4.98 Å². The molecule has 0 unspecified atom stereocenters. The maximum atomic E-state index is 11.2. The van der Waals surface area contributed by atoms with Crippen molar-refractivity contribution in [3.8, 4) is 5.75 Å². The minimum Gasteiger partial charge on any atom is -0.497 e. The minimum atomic E-state index is -0.192. The van der Waals surface area contributed by atoms with Crippen LogP contribution in [-0.2, 0) is 4.79 Å². The second-order valence-corrected chi connectivity index (χ2v) is 5.45. The predicted octanol–water partition coefficient (Wildman–Crippen LogP) is 2.29. The molecule has 0 atom stereocenters. The van der Waals surface area contributed by atoms with E-state index in [-0.39, 0.29) is 17.9 Å². The molecule has 6 heteroatoms. The number of nitrogens with two attached hydrogens (primary N) is 1. The molecule has 2 aromatic rings. The Labute approximate surface area is 122 Å². The van der Waals surface area contributed by atoms with Gasteiger partial charge in [0.05, 0.1) is 7.11 Å². The molecule has 21 heavy (non-hydrogen) atoms. The summed E-state index contributed by atoms with van der Waals surface area (Å²) >= 11 is 0. The number of benzene rings is 1. The lowest BCUT2D eigenvalue weighted by molar-refractivity contribution is -0.122. The lowest BCUT2D eigenvalue weighted by Gasteiger charge is -2.26. The average molecular weight is 289 g/mol. The van der Waals surface area contributed by atoms with Crippen LogP contribution in [-0.4, -0.2) is 24.0 Å². The molecule has 3 N–H and O–H groups in total. The smallest absolute Gasteiger partial charge is 0.295 e. The maximum absolute atomic E-state index is 11.2. The van der Waals surface area contributed by atoms with E-state index in [0.29, 0.717) is 11.6 Å². The molecular weight excluding hydrogens is 270 g/mol. The summed E-state index contributed by atoms with van der Waals surface area (Å²) in [6, 6.07) is 6.33. The van der Waals surface area contributed by atoms with E-state index in [1.54, 1.807) is 7.11 Å². The van der Waals surface area contributed by atoms with Gasteiger partial charge in [-0.1, -0.05) is 0 Å². The molecule has 112 valence electrons. The van der Waals surface area contributed by atoms with Gasteiger partial charge in [0.25, 0.3) is 6.01 Å². The molecule has 0 aliphatic heterocycles. The second-order valence-electron chi connectivity index (χ2n) is 5.45. The number of amides is 1. The number of anilines is 1. The highest BCUT2D eigenvalue weighted by Gasteiger charge is 2.25. The topological polar surface area (TPSA) is 90.4 Å². The SMILES string of the molecule is COc1ccc2nc(NC3CCC(C(N)=O)CC3)oc2c1. The van der Waals surface area contributed by atoms with Crippen molar-refractivity contribution >= 4 is 23.0 Å². The van der Waals surface area contributed by atoms with E-state index in [2.05, 4.69) is 10.3 Å². The molecule has 0 bridgehead atoms. The van der Waals surface area contributed by atoms with Crippen LogP contribution in [0.25, 0.3) is 11.1 Å². The first-order chi connectivity index (χ1) is 10.2. The summed E-state index contributed by atoms with van der Waals surface area (Å²) in [7, 11) is 1.62. The zero-order valence-electron chi connectivity index (χ0n) is 12.0. The molecule has 0 radical (unpaired) electrons. The molecule has 1 saturated carbocycles. The first-order valence-corrected chi connectivity index (χ1v) is 7.16. The summed E-state index contributed by atoms with van der Waals surface area (Å²) in [4.78, 5) is 15.6. The van der Waals surface area contributed by atoms with Crippen LogP contribution in [0.4, 0.5) is 6.01 Å². The number of carbonyl (C=O) groups excluding carboxylic acids is 1. The molecule has 0 saturated heterocycles. The summed E-state index contributed by atoms with van der Waals surface area (Å²) in [5.74, 6) is 0.561. The zero-order valence-corrected chi connectivity index (χ0v) is 12.0. The molecule has 6 nitrogen and oxygen atoms in total. The van der Waals surface area contributed by atoms with Crippen molar-refractivity contribution in [2.45, 2.75) is 31.7 Å². The lowest BCUT2D eigenvalue weighted by Crippen LogP contribution is -2.32. The fraction of sp³-hybridized carbons (Fsp3) is 0.467. The van der Waals surface area contributed by atoms with Gasteiger partial charge in [-0.3, -0.25) is 4.79 Å². The molecule has 1 heterocycles. The fourth-order valence-electron chi connectivity index (χ4n) is 2.79. The van der Waals surface area contributed by atoms with Crippen LogP contribution in [0.3, 0.4) is 0 Å². The van der Waals surface area contributed by atoms with Gasteiger partial charge in [-0.05, 0) is 37.8 Å². The number of oxazole rings is 1. The minimum absolute atomic E-state index is 0.0101. The first kappa shape index (κ1) is 13.7. The van der Waals surface area contributed by atoms with Gasteiger partial charge in [-0.15, -0.1) is 0 Å². The Bertz CT molecular complexity index is 645. The number of carbonyl (C=O) groups is 1. The van der Waals surface area contributed by atoms with Crippen LogP contribution in [0.5, 0.6) is 5.75 Å². The second kappa shape index (κ2) is 5.63. The molecule has 3 rings (SSSR count). The van der Waals surface area contributed by atoms with Gasteiger partial charge in [0.1, 0.15) is 11.3 Å². The summed E-state index contributed by atoms with van der Waals surface area (Å²) in [5.41, 5.74) is 6.83. The number of nitrogens with one attached hydrogen (secondary N) is 1. The van der Waals surface area contributed by atoms with Crippen molar-refractivity contribution in [2.75, 3.05) is 12.4 Å². The molecule has 1 aromatic carbocycles. The molecule has 0 spiro atoms. The number of hydrogen-bond donors (Lipinski definition) is 2. The number of aromatic nitrogens is 1. The van der Waals surface area contributed by atoms with Gasteiger partial charge in [0.15, 0.2) is 5.58 Å². The van der Waals surface area contributed by atoms with Crippen LogP contribution in [0.2, 0.25) is 0 Å². The maximum Gasteiger partial charge on any atom is 0.295 e. The molecule has 1 fully saturated rings. The number of rotatable bonds is 4. The molecule has 1 amide bonds. The summed E-state index contributed by atoms with van der Waals surface area (Å²) < 4.78 is 10.9. The molecule has 1 aliphatic carbocycles. The fourth-order valence-corrected chi connectivity index (χ4v) is 2.79. The van der Waals surface area contributed by atoms with Crippen LogP contribution in [0, 0.1) is 5.92 Å². The highest BCUT2D eigenvalue weighted by Crippen LogP contribution is 2.28. The van der Waals surface area contributed by atoms with Crippen molar-refractivity contribution in [3.63, 3.8) is 0 Å². The molecule has 1 aliphatic rings. The summed E-state index contributed by atoms with van der Waals surface area (Å²) in [6.45, 7) is 0. The number of ether oxygens (including phenoxy) is 1. The Kier molecular flexibility index (Phi) is 3.68. The Balaban J connectivity index is 1.67. The van der Waals surface area contributed by atoms with E-state index in [4.69, 9.17) is 14.9 Å². The largest absolute Gasteiger partial charge is 0.497 e. The van der Waals surface area contributed by atoms with Crippen molar-refractivity contribution in [1.29, 1.82) is 0 Å². The Morgan fingerprint density at radius 3 is 2.81 bits per heavy atom. The number of nitrogens with zero attached hydrogens (tertiary/aromatic N) is 1. The Hall–Kier alpha value is -2.24. The van der Waals surface area contributed by atoms with E-state index in [9.17, 15) is 4.79 Å². The molecule has 1 aromatic heterocycles. The van der Waals surface area contributed by atoms with E-state index >= 15 is 0 Å². The van der Waals surface area contributed by atoms with E-state index < -0.39 is 0 Å². The van der Waals surface area contributed by atoms with Crippen LogP contribution in [0.1, 0.15) is 25.7 Å². The Morgan fingerprint density at radius 1 is 1.38 bits per heavy atom. The van der Waals surface area contributed by atoms with Gasteiger partial charge < -0.3 is 20.2 Å². The standard InChI is InChI=1S/C15H19N3O3/c1-20-11-6-7-12-13(8-11)21-15(18-12)17-10-4-2-9(3-5-10)14(16)19/h6-10H,2-5H2,1H3,(H2,16,19)(H,17,18). The number of hydrogen-bond acceptors (Lipinski definition) is 5. The third-order valence-electron chi connectivity index (χ3n) is 4.05. The van der Waals surface area contributed by atoms with Crippen molar-refractivity contribution in [3.05, 3.63) is 18.2 Å². The van der Waals surface area contributed by atoms with Gasteiger partial charge in [-0.25, -0.2) is 0 Å². The number of methoxy groups -OCH3 is 1. The highest BCUT2D eigenvalue weighted by atomic mass is 16.5. The third kappa shape index (κ3) is 2.94. The van der Waals surface area contributed by atoms with Gasteiger partial charge in [0.2, 0.25) is 5.91 Å². The van der Waals surface area contributed by atoms with Crippen LogP contribution >= 0.6 is 0 Å². The first-order valence-electron chi connectivity index (χ1n) is 7.16. The highest BCUT2D eigenvalue weighted by molar-refractivity contribution is 5.77. The average Bonchev–Trinajstić information content (AvgIpc) is 2.88. The van der Waals surface area contributed by atoms with Gasteiger partial charge in [0, 0.05) is 18.0 Å². The van der Waals surface area contributed by atoms with E-state index in [1.807, 2.05) is 18.2 Å².